The summed E-state index contributed by atoms with van der Waals surface area (Å²) in [4.78, 5) is 1.44. The molecule has 3 nitrogen and oxygen atoms in total. The summed E-state index contributed by atoms with van der Waals surface area (Å²) in [6.45, 7) is 4.94. The summed E-state index contributed by atoms with van der Waals surface area (Å²) in [5, 5.41) is 7.94. The van der Waals surface area contributed by atoms with Crippen LogP contribution in [0.15, 0.2) is 41.4 Å². The molecule has 0 fully saturated rings. The molecule has 0 spiro atoms. The van der Waals surface area contributed by atoms with Gasteiger partial charge in [0, 0.05) is 35.9 Å². The van der Waals surface area contributed by atoms with E-state index in [0.717, 1.165) is 25.3 Å². The topological polar surface area (TPSA) is 29.9 Å². The van der Waals surface area contributed by atoms with Crippen LogP contribution in [0.3, 0.4) is 0 Å². The van der Waals surface area contributed by atoms with E-state index < -0.39 is 0 Å². The average molecular weight is 273 g/mol. The molecule has 0 saturated carbocycles. The van der Waals surface area contributed by atoms with Gasteiger partial charge in [-0.3, -0.25) is 4.68 Å². The summed E-state index contributed by atoms with van der Waals surface area (Å²) < 4.78 is 2.08. The Morgan fingerprint density at radius 3 is 3.16 bits per heavy atom. The molecule has 19 heavy (non-hydrogen) atoms. The predicted octanol–water partition coefficient (Wildman–Crippen LogP) is 2.88. The lowest BCUT2D eigenvalue weighted by Crippen LogP contribution is -2.13. The monoisotopic (exact) mass is 273 g/mol. The highest BCUT2D eigenvalue weighted by Crippen LogP contribution is 2.39. The molecule has 0 radical (unpaired) electrons. The van der Waals surface area contributed by atoms with Crippen molar-refractivity contribution >= 4 is 11.8 Å². The van der Waals surface area contributed by atoms with E-state index in [4.69, 9.17) is 0 Å². The second kappa shape index (κ2) is 5.80. The number of nitrogens with zero attached hydrogens (tertiary/aromatic N) is 2. The van der Waals surface area contributed by atoms with Crippen LogP contribution in [0.2, 0.25) is 0 Å². The summed E-state index contributed by atoms with van der Waals surface area (Å²) in [7, 11) is 0. The molecule has 1 aliphatic rings. The summed E-state index contributed by atoms with van der Waals surface area (Å²) in [5.74, 6) is 1.76. The number of thioether (sulfide) groups is 1. The van der Waals surface area contributed by atoms with Gasteiger partial charge in [0.05, 0.1) is 5.69 Å². The van der Waals surface area contributed by atoms with E-state index in [-0.39, 0.29) is 0 Å². The number of aromatic nitrogens is 2. The molecule has 0 saturated heterocycles. The lowest BCUT2D eigenvalue weighted by molar-refractivity contribution is 0.539. The molecule has 1 atom stereocenters. The van der Waals surface area contributed by atoms with Crippen LogP contribution >= 0.6 is 11.8 Å². The molecular formula is C15H19N3S. The number of hydrogen-bond acceptors (Lipinski definition) is 3. The van der Waals surface area contributed by atoms with Gasteiger partial charge in [0.25, 0.3) is 0 Å². The highest BCUT2D eigenvalue weighted by atomic mass is 32.2. The Morgan fingerprint density at radius 1 is 1.37 bits per heavy atom. The molecular weight excluding hydrogens is 254 g/mol. The van der Waals surface area contributed by atoms with Gasteiger partial charge in [0.2, 0.25) is 0 Å². The number of fused-ring (bicyclic) bond motifs is 1. The van der Waals surface area contributed by atoms with E-state index in [1.54, 1.807) is 0 Å². The van der Waals surface area contributed by atoms with Crippen molar-refractivity contribution in [2.45, 2.75) is 30.8 Å². The molecule has 1 N–H and O–H groups in total. The van der Waals surface area contributed by atoms with E-state index in [1.807, 2.05) is 11.8 Å². The summed E-state index contributed by atoms with van der Waals surface area (Å²) >= 11 is 1.96. The standard InChI is InChI=1S/C15H19N3S/c1-2-16-9-13-7-8-18(17-13)10-12-11-19-15-6-4-3-5-14(12)15/h3-8,12,16H,2,9-11H2,1H3. The normalized spacial score (nSPS) is 17.6. The first-order valence-electron chi connectivity index (χ1n) is 6.81. The second-order valence-corrected chi connectivity index (χ2v) is 5.92. The van der Waals surface area contributed by atoms with Gasteiger partial charge in [0.15, 0.2) is 0 Å². The van der Waals surface area contributed by atoms with Crippen molar-refractivity contribution in [3.8, 4) is 0 Å². The third-order valence-corrected chi connectivity index (χ3v) is 4.71. The zero-order valence-electron chi connectivity index (χ0n) is 11.2. The lowest BCUT2D eigenvalue weighted by atomic mass is 10.0. The first-order valence-corrected chi connectivity index (χ1v) is 7.80. The van der Waals surface area contributed by atoms with Crippen LogP contribution in [-0.2, 0) is 13.1 Å². The van der Waals surface area contributed by atoms with Gasteiger partial charge in [-0.25, -0.2) is 0 Å². The Labute approximate surface area is 118 Å². The summed E-state index contributed by atoms with van der Waals surface area (Å²) in [5.41, 5.74) is 2.61. The van der Waals surface area contributed by atoms with Crippen molar-refractivity contribution in [2.24, 2.45) is 0 Å². The maximum absolute atomic E-state index is 4.63. The van der Waals surface area contributed by atoms with Crippen LogP contribution in [0.1, 0.15) is 24.1 Å². The van der Waals surface area contributed by atoms with Crippen molar-refractivity contribution in [3.05, 3.63) is 47.8 Å². The van der Waals surface area contributed by atoms with Crippen LogP contribution in [0.5, 0.6) is 0 Å². The lowest BCUT2D eigenvalue weighted by Gasteiger charge is -2.10. The van der Waals surface area contributed by atoms with Crippen LogP contribution in [-0.4, -0.2) is 22.1 Å². The Hall–Kier alpha value is -1.26. The van der Waals surface area contributed by atoms with E-state index in [0.29, 0.717) is 5.92 Å². The Kier molecular flexibility index (Phi) is 3.89. The van der Waals surface area contributed by atoms with Gasteiger partial charge in [0.1, 0.15) is 0 Å². The molecule has 100 valence electrons. The van der Waals surface area contributed by atoms with Crippen LogP contribution in [0, 0.1) is 0 Å². The fraction of sp³-hybridized carbons (Fsp3) is 0.400. The minimum Gasteiger partial charge on any atom is -0.311 e. The Morgan fingerprint density at radius 2 is 2.26 bits per heavy atom. The zero-order chi connectivity index (χ0) is 13.1. The molecule has 2 heterocycles. The van der Waals surface area contributed by atoms with Gasteiger partial charge < -0.3 is 5.32 Å². The molecule has 0 bridgehead atoms. The van der Waals surface area contributed by atoms with Crippen molar-refractivity contribution in [3.63, 3.8) is 0 Å². The third kappa shape index (κ3) is 2.85. The fourth-order valence-corrected chi connectivity index (χ4v) is 3.70. The summed E-state index contributed by atoms with van der Waals surface area (Å²) in [6, 6.07) is 10.8. The second-order valence-electron chi connectivity index (χ2n) is 4.86. The van der Waals surface area contributed by atoms with Crippen molar-refractivity contribution in [2.75, 3.05) is 12.3 Å². The molecule has 4 heteroatoms. The van der Waals surface area contributed by atoms with Crippen LogP contribution < -0.4 is 5.32 Å². The van der Waals surface area contributed by atoms with E-state index in [1.165, 1.54) is 16.2 Å². The zero-order valence-corrected chi connectivity index (χ0v) is 12.0. The number of rotatable bonds is 5. The maximum atomic E-state index is 4.63. The minimum atomic E-state index is 0.591. The fourth-order valence-electron chi connectivity index (χ4n) is 2.46. The van der Waals surface area contributed by atoms with Gasteiger partial charge in [-0.15, -0.1) is 11.8 Å². The number of hydrogen-bond donors (Lipinski definition) is 1. The minimum absolute atomic E-state index is 0.591. The average Bonchev–Trinajstić information content (AvgIpc) is 3.05. The number of nitrogens with one attached hydrogen (secondary N) is 1. The highest BCUT2D eigenvalue weighted by molar-refractivity contribution is 7.99. The molecule has 3 rings (SSSR count). The Bertz CT molecular complexity index is 550. The van der Waals surface area contributed by atoms with Crippen molar-refractivity contribution in [1.29, 1.82) is 0 Å². The van der Waals surface area contributed by atoms with E-state index in [9.17, 15) is 0 Å². The van der Waals surface area contributed by atoms with Gasteiger partial charge in [-0.2, -0.15) is 5.10 Å². The van der Waals surface area contributed by atoms with E-state index in [2.05, 4.69) is 58.5 Å². The molecule has 2 aromatic rings. The highest BCUT2D eigenvalue weighted by Gasteiger charge is 2.23. The largest absolute Gasteiger partial charge is 0.311 e. The van der Waals surface area contributed by atoms with Crippen LogP contribution in [0.4, 0.5) is 0 Å². The SMILES string of the molecule is CCNCc1ccn(CC2CSc3ccccc32)n1. The Balaban J connectivity index is 1.68. The third-order valence-electron chi connectivity index (χ3n) is 3.46. The van der Waals surface area contributed by atoms with Gasteiger partial charge in [-0.1, -0.05) is 25.1 Å². The molecule has 1 aliphatic heterocycles. The van der Waals surface area contributed by atoms with Crippen molar-refractivity contribution in [1.82, 2.24) is 15.1 Å². The first-order chi connectivity index (χ1) is 9.36. The number of benzene rings is 1. The van der Waals surface area contributed by atoms with E-state index >= 15 is 0 Å². The summed E-state index contributed by atoms with van der Waals surface area (Å²) in [6.07, 6.45) is 2.10. The first kappa shape index (κ1) is 12.8. The molecule has 0 amide bonds. The maximum Gasteiger partial charge on any atom is 0.0762 e. The molecule has 1 aromatic heterocycles. The molecule has 1 aromatic carbocycles. The van der Waals surface area contributed by atoms with Gasteiger partial charge >= 0.3 is 0 Å². The molecule has 1 unspecified atom stereocenters. The molecule has 0 aliphatic carbocycles. The van der Waals surface area contributed by atoms with Crippen molar-refractivity contribution < 1.29 is 0 Å². The quantitative estimate of drug-likeness (QED) is 0.908. The smallest absolute Gasteiger partial charge is 0.0762 e. The van der Waals surface area contributed by atoms with Gasteiger partial charge in [-0.05, 0) is 24.2 Å². The predicted molar refractivity (Wildman–Crippen MR) is 79.5 cm³/mol. The van der Waals surface area contributed by atoms with Crippen LogP contribution in [0.25, 0.3) is 0 Å².